The number of hydrogen-bond acceptors (Lipinski definition) is 7. The van der Waals surface area contributed by atoms with Crippen LogP contribution in [0.15, 0.2) is 67.4 Å². The average molecular weight is 476 g/mol. The van der Waals surface area contributed by atoms with E-state index in [2.05, 4.69) is 42.5 Å². The zero-order valence-electron chi connectivity index (χ0n) is 19.4. The van der Waals surface area contributed by atoms with Crippen molar-refractivity contribution in [2.75, 3.05) is 10.6 Å². The first-order valence-electron chi connectivity index (χ1n) is 11.5. The van der Waals surface area contributed by atoms with Crippen molar-refractivity contribution in [2.45, 2.75) is 19.8 Å². The number of aryl methyl sites for hydroxylation is 1. The number of ether oxygens (including phenoxy) is 1. The minimum absolute atomic E-state index is 0.318. The number of anilines is 3. The first kappa shape index (κ1) is 21.6. The Hall–Kier alpha value is -4.97. The van der Waals surface area contributed by atoms with E-state index in [0.29, 0.717) is 28.8 Å². The van der Waals surface area contributed by atoms with E-state index in [1.54, 1.807) is 10.7 Å². The van der Waals surface area contributed by atoms with Gasteiger partial charge in [-0.25, -0.2) is 19.5 Å². The monoisotopic (exact) mass is 475 g/mol. The number of fused-ring (bicyclic) bond motifs is 2. The summed E-state index contributed by atoms with van der Waals surface area (Å²) in [7, 11) is 0. The molecule has 0 atom stereocenters. The number of rotatable bonds is 5. The first-order valence-corrected chi connectivity index (χ1v) is 11.5. The number of nitrogens with zero attached hydrogens (tertiary/aromatic N) is 5. The number of benzene rings is 2. The van der Waals surface area contributed by atoms with Crippen LogP contribution < -0.4 is 15.4 Å². The van der Waals surface area contributed by atoms with Crippen LogP contribution in [-0.4, -0.2) is 30.5 Å². The lowest BCUT2D eigenvalue weighted by Crippen LogP contribution is -2.08. The SMILES string of the molecule is Cc1cc(Nc2ncnc3ccc(NC(=O)C#CC4CC4)cc23)ccc1Oc1ccn2ncnc2c1. The molecule has 1 saturated carbocycles. The second-order valence-corrected chi connectivity index (χ2v) is 8.58. The highest BCUT2D eigenvalue weighted by Gasteiger charge is 2.18. The van der Waals surface area contributed by atoms with Gasteiger partial charge in [0.1, 0.15) is 30.0 Å². The predicted octanol–water partition coefficient (Wildman–Crippen LogP) is 4.87. The Balaban J connectivity index is 1.21. The molecule has 0 saturated heterocycles. The molecule has 3 heterocycles. The Kier molecular flexibility index (Phi) is 5.39. The number of carbonyl (C=O) groups is 1. The van der Waals surface area contributed by atoms with Gasteiger partial charge in [-0.2, -0.15) is 5.10 Å². The van der Waals surface area contributed by atoms with Crippen LogP contribution in [0.3, 0.4) is 0 Å². The van der Waals surface area contributed by atoms with Crippen LogP contribution in [-0.2, 0) is 4.79 Å². The van der Waals surface area contributed by atoms with Crippen LogP contribution in [0.2, 0.25) is 0 Å². The lowest BCUT2D eigenvalue weighted by Gasteiger charge is -2.13. The molecule has 2 N–H and O–H groups in total. The van der Waals surface area contributed by atoms with Crippen LogP contribution in [0, 0.1) is 24.7 Å². The van der Waals surface area contributed by atoms with Gasteiger partial charge in [-0.15, -0.1) is 0 Å². The molecule has 176 valence electrons. The van der Waals surface area contributed by atoms with E-state index in [1.807, 2.05) is 55.5 Å². The van der Waals surface area contributed by atoms with Crippen LogP contribution >= 0.6 is 0 Å². The summed E-state index contributed by atoms with van der Waals surface area (Å²) in [6, 6.07) is 15.0. The fourth-order valence-electron chi connectivity index (χ4n) is 3.76. The van der Waals surface area contributed by atoms with Crippen molar-refractivity contribution in [3.05, 3.63) is 72.9 Å². The summed E-state index contributed by atoms with van der Waals surface area (Å²) in [5.74, 6) is 7.73. The highest BCUT2D eigenvalue weighted by atomic mass is 16.5. The lowest BCUT2D eigenvalue weighted by molar-refractivity contribution is -0.111. The van der Waals surface area contributed by atoms with Gasteiger partial charge in [-0.3, -0.25) is 4.79 Å². The predicted molar refractivity (Wildman–Crippen MR) is 136 cm³/mol. The zero-order chi connectivity index (χ0) is 24.5. The van der Waals surface area contributed by atoms with E-state index in [1.165, 1.54) is 12.7 Å². The molecule has 1 fully saturated rings. The minimum atomic E-state index is -0.318. The lowest BCUT2D eigenvalue weighted by atomic mass is 10.1. The Labute approximate surface area is 206 Å². The van der Waals surface area contributed by atoms with Crippen molar-refractivity contribution in [3.8, 4) is 23.3 Å². The first-order chi connectivity index (χ1) is 17.6. The van der Waals surface area contributed by atoms with Gasteiger partial charge in [-0.1, -0.05) is 5.92 Å². The molecule has 6 rings (SSSR count). The second kappa shape index (κ2) is 9.00. The van der Waals surface area contributed by atoms with E-state index in [4.69, 9.17) is 4.74 Å². The largest absolute Gasteiger partial charge is 0.457 e. The maximum Gasteiger partial charge on any atom is 0.300 e. The molecule has 3 aromatic heterocycles. The van der Waals surface area contributed by atoms with Crippen molar-refractivity contribution in [3.63, 3.8) is 0 Å². The molecule has 9 heteroatoms. The van der Waals surface area contributed by atoms with Gasteiger partial charge in [0.15, 0.2) is 5.65 Å². The van der Waals surface area contributed by atoms with E-state index in [-0.39, 0.29) is 5.91 Å². The maximum atomic E-state index is 12.2. The third-order valence-electron chi connectivity index (χ3n) is 5.78. The van der Waals surface area contributed by atoms with Crippen molar-refractivity contribution < 1.29 is 9.53 Å². The molecule has 0 spiro atoms. The van der Waals surface area contributed by atoms with Gasteiger partial charge in [0.25, 0.3) is 5.91 Å². The van der Waals surface area contributed by atoms with E-state index >= 15 is 0 Å². The average Bonchev–Trinajstić information content (AvgIpc) is 3.60. The van der Waals surface area contributed by atoms with Gasteiger partial charge in [0.05, 0.1) is 5.52 Å². The number of carbonyl (C=O) groups excluding carboxylic acids is 1. The molecule has 0 bridgehead atoms. The van der Waals surface area contributed by atoms with Crippen LogP contribution in [0.5, 0.6) is 11.5 Å². The van der Waals surface area contributed by atoms with Gasteiger partial charge in [0, 0.05) is 34.9 Å². The van der Waals surface area contributed by atoms with E-state index in [0.717, 1.165) is 40.7 Å². The van der Waals surface area contributed by atoms with Crippen molar-refractivity contribution in [2.24, 2.45) is 5.92 Å². The Morgan fingerprint density at radius 2 is 1.92 bits per heavy atom. The molecule has 9 nitrogen and oxygen atoms in total. The number of amides is 1. The normalized spacial score (nSPS) is 12.7. The summed E-state index contributed by atoms with van der Waals surface area (Å²) >= 11 is 0. The standard InChI is InChI=1S/C27H21N7O2/c1-17-12-19(6-8-24(17)36-21-10-11-34-25(14-21)29-16-31-34)33-27-22-13-20(5-7-23(22)28-15-30-27)32-26(35)9-4-18-2-3-18/h5-8,10-16,18H,2-3H2,1H3,(H,32,35)(H,28,30,33). The quantitative estimate of drug-likeness (QED) is 0.349. The second-order valence-electron chi connectivity index (χ2n) is 8.58. The number of nitrogens with one attached hydrogen (secondary N) is 2. The molecule has 0 aliphatic heterocycles. The molecule has 1 amide bonds. The summed E-state index contributed by atoms with van der Waals surface area (Å²) in [4.78, 5) is 25.1. The Morgan fingerprint density at radius 1 is 1.03 bits per heavy atom. The van der Waals surface area contributed by atoms with Gasteiger partial charge >= 0.3 is 0 Å². The van der Waals surface area contributed by atoms with Crippen LogP contribution in [0.25, 0.3) is 16.6 Å². The van der Waals surface area contributed by atoms with E-state index in [9.17, 15) is 4.79 Å². The molecular weight excluding hydrogens is 454 g/mol. The van der Waals surface area contributed by atoms with Crippen LogP contribution in [0.4, 0.5) is 17.2 Å². The van der Waals surface area contributed by atoms with Gasteiger partial charge in [0.2, 0.25) is 0 Å². The minimum Gasteiger partial charge on any atom is -0.457 e. The fraction of sp³-hybridized carbons (Fsp3) is 0.148. The van der Waals surface area contributed by atoms with Crippen molar-refractivity contribution >= 4 is 39.6 Å². The molecule has 36 heavy (non-hydrogen) atoms. The molecule has 1 aliphatic rings. The third-order valence-corrected chi connectivity index (χ3v) is 5.78. The molecular formula is C27H21N7O2. The number of hydrogen-bond donors (Lipinski definition) is 2. The summed E-state index contributed by atoms with van der Waals surface area (Å²) in [5.41, 5.74) is 3.90. The van der Waals surface area contributed by atoms with E-state index < -0.39 is 0 Å². The fourth-order valence-corrected chi connectivity index (χ4v) is 3.76. The molecule has 2 aromatic carbocycles. The van der Waals surface area contributed by atoms with Crippen LogP contribution in [0.1, 0.15) is 18.4 Å². The summed E-state index contributed by atoms with van der Waals surface area (Å²) < 4.78 is 7.75. The van der Waals surface area contributed by atoms with Crippen molar-refractivity contribution in [1.82, 2.24) is 24.6 Å². The third kappa shape index (κ3) is 4.65. The molecule has 0 unspecified atom stereocenters. The topological polar surface area (TPSA) is 106 Å². The Morgan fingerprint density at radius 3 is 2.78 bits per heavy atom. The number of aromatic nitrogens is 5. The molecule has 5 aromatic rings. The Bertz CT molecular complexity index is 1680. The zero-order valence-corrected chi connectivity index (χ0v) is 19.4. The maximum absolute atomic E-state index is 12.2. The summed E-state index contributed by atoms with van der Waals surface area (Å²) in [6.45, 7) is 1.98. The smallest absolute Gasteiger partial charge is 0.300 e. The van der Waals surface area contributed by atoms with Gasteiger partial charge in [-0.05, 0) is 73.7 Å². The summed E-state index contributed by atoms with van der Waals surface area (Å²) in [6.07, 6.45) is 6.97. The van der Waals surface area contributed by atoms with Crippen molar-refractivity contribution in [1.29, 1.82) is 0 Å². The molecule has 0 radical (unpaired) electrons. The molecule has 1 aliphatic carbocycles. The highest BCUT2D eigenvalue weighted by molar-refractivity contribution is 6.05. The van der Waals surface area contributed by atoms with Gasteiger partial charge < -0.3 is 15.4 Å². The summed E-state index contributed by atoms with van der Waals surface area (Å²) in [5, 5.41) is 11.1. The highest BCUT2D eigenvalue weighted by Crippen LogP contribution is 2.31. The number of pyridine rings is 1.